The predicted molar refractivity (Wildman–Crippen MR) is 46.1 cm³/mol. The van der Waals surface area contributed by atoms with Crippen molar-refractivity contribution in [1.82, 2.24) is 0 Å². The van der Waals surface area contributed by atoms with Crippen molar-refractivity contribution in [3.63, 3.8) is 0 Å². The van der Waals surface area contributed by atoms with Gasteiger partial charge >= 0.3 is 0 Å². The quantitative estimate of drug-likeness (QED) is 0.589. The maximum Gasteiger partial charge on any atom is 0.0369 e. The summed E-state index contributed by atoms with van der Waals surface area (Å²) in [6, 6.07) is 0. The van der Waals surface area contributed by atoms with Gasteiger partial charge in [0, 0.05) is 18.5 Å². The summed E-state index contributed by atoms with van der Waals surface area (Å²) in [7, 11) is 0. The Hall–Kier alpha value is -0.890. The fourth-order valence-corrected chi connectivity index (χ4v) is 0.515. The molecule has 2 heteroatoms. The lowest BCUT2D eigenvalue weighted by molar-refractivity contribution is 1.24. The minimum Gasteiger partial charge on any atom is -0.327 e. The van der Waals surface area contributed by atoms with Crippen LogP contribution >= 0.6 is 0 Å². The van der Waals surface area contributed by atoms with Gasteiger partial charge in [0.1, 0.15) is 0 Å². The molecule has 0 rings (SSSR count). The highest BCUT2D eigenvalue weighted by atomic mass is 14.7. The van der Waals surface area contributed by atoms with Crippen LogP contribution in [0.5, 0.6) is 0 Å². The summed E-state index contributed by atoms with van der Waals surface area (Å²) < 4.78 is 0. The minimum atomic E-state index is 0.548. The molecule has 0 radical (unpaired) electrons. The summed E-state index contributed by atoms with van der Waals surface area (Å²) in [6.07, 6.45) is 7.43. The molecule has 0 unspecified atom stereocenters. The summed E-state index contributed by atoms with van der Waals surface area (Å²) in [4.78, 5) is 4.07. The third-order valence-electron chi connectivity index (χ3n) is 0.928. The molecule has 0 spiro atoms. The Balaban J connectivity index is 3.79. The molecule has 0 saturated carbocycles. The molecular weight excluding hydrogens is 124 g/mol. The van der Waals surface area contributed by atoms with Crippen molar-refractivity contribution in [2.75, 3.05) is 6.54 Å². The summed E-state index contributed by atoms with van der Waals surface area (Å²) >= 11 is 0. The van der Waals surface area contributed by atoms with Gasteiger partial charge in [-0.3, -0.25) is 4.99 Å². The summed E-state index contributed by atoms with van der Waals surface area (Å²) in [5.74, 6) is 0. The van der Waals surface area contributed by atoms with Crippen LogP contribution in [0.1, 0.15) is 13.8 Å². The molecule has 0 bridgehead atoms. The van der Waals surface area contributed by atoms with Crippen molar-refractivity contribution in [3.05, 3.63) is 24.4 Å². The molecule has 0 fully saturated rings. The molecule has 0 aliphatic heterocycles. The largest absolute Gasteiger partial charge is 0.327 e. The number of aliphatic imine (C=N–C) groups is 1. The lowest BCUT2D eigenvalue weighted by Crippen LogP contribution is -1.92. The molecule has 0 aromatic rings. The summed E-state index contributed by atoms with van der Waals surface area (Å²) in [6.45, 7) is 4.46. The molecular formula is C8H14N2. The second kappa shape index (κ2) is 6.23. The molecule has 0 aromatic heterocycles. The Kier molecular flexibility index (Phi) is 5.68. The van der Waals surface area contributed by atoms with Crippen LogP contribution in [-0.4, -0.2) is 12.3 Å². The lowest BCUT2D eigenvalue weighted by Gasteiger charge is -1.84. The second-order valence-corrected chi connectivity index (χ2v) is 1.89. The number of nitrogens with zero attached hydrogens (tertiary/aromatic N) is 1. The first-order valence-electron chi connectivity index (χ1n) is 3.33. The number of rotatable bonds is 3. The van der Waals surface area contributed by atoms with Crippen molar-refractivity contribution in [2.45, 2.75) is 13.8 Å². The van der Waals surface area contributed by atoms with Crippen LogP contribution in [0.4, 0.5) is 0 Å². The van der Waals surface area contributed by atoms with Crippen LogP contribution in [0.3, 0.4) is 0 Å². The van der Waals surface area contributed by atoms with Crippen LogP contribution in [0.15, 0.2) is 29.4 Å². The zero-order chi connectivity index (χ0) is 7.82. The molecule has 56 valence electrons. The van der Waals surface area contributed by atoms with E-state index in [1.807, 2.05) is 32.1 Å². The zero-order valence-corrected chi connectivity index (χ0v) is 6.54. The Morgan fingerprint density at radius 1 is 1.60 bits per heavy atom. The van der Waals surface area contributed by atoms with Crippen LogP contribution < -0.4 is 5.73 Å². The van der Waals surface area contributed by atoms with E-state index in [-0.39, 0.29) is 0 Å². The molecule has 0 heterocycles. The third kappa shape index (κ3) is 5.25. The second-order valence-electron chi connectivity index (χ2n) is 1.89. The first-order valence-corrected chi connectivity index (χ1v) is 3.33. The van der Waals surface area contributed by atoms with E-state index < -0.39 is 0 Å². The minimum absolute atomic E-state index is 0.548. The van der Waals surface area contributed by atoms with E-state index >= 15 is 0 Å². The van der Waals surface area contributed by atoms with E-state index in [1.165, 1.54) is 0 Å². The van der Waals surface area contributed by atoms with Crippen LogP contribution in [0, 0.1) is 0 Å². The van der Waals surface area contributed by atoms with Gasteiger partial charge < -0.3 is 5.73 Å². The van der Waals surface area contributed by atoms with Gasteiger partial charge in [0.05, 0.1) is 0 Å². The van der Waals surface area contributed by atoms with Gasteiger partial charge in [0.2, 0.25) is 0 Å². The SMILES string of the molecule is C\C=C/C(C)=N\C=C\CN. The van der Waals surface area contributed by atoms with Crippen molar-refractivity contribution in [1.29, 1.82) is 0 Å². The monoisotopic (exact) mass is 138 g/mol. The van der Waals surface area contributed by atoms with E-state index in [0.29, 0.717) is 6.54 Å². The maximum absolute atomic E-state index is 5.21. The van der Waals surface area contributed by atoms with E-state index in [1.54, 1.807) is 6.20 Å². The topological polar surface area (TPSA) is 38.4 Å². The molecule has 0 aliphatic rings. The number of hydrogen-bond acceptors (Lipinski definition) is 2. The van der Waals surface area contributed by atoms with Gasteiger partial charge in [0.15, 0.2) is 0 Å². The maximum atomic E-state index is 5.21. The highest BCUT2D eigenvalue weighted by molar-refractivity contribution is 5.93. The smallest absolute Gasteiger partial charge is 0.0369 e. The van der Waals surface area contributed by atoms with Gasteiger partial charge in [-0.15, -0.1) is 0 Å². The predicted octanol–water partition coefficient (Wildman–Crippen LogP) is 1.50. The highest BCUT2D eigenvalue weighted by Crippen LogP contribution is 1.82. The number of allylic oxidation sites excluding steroid dienone is 2. The lowest BCUT2D eigenvalue weighted by atomic mass is 10.4. The molecule has 10 heavy (non-hydrogen) atoms. The first-order chi connectivity index (χ1) is 4.81. The van der Waals surface area contributed by atoms with Gasteiger partial charge in [-0.05, 0) is 19.9 Å². The first kappa shape index (κ1) is 9.11. The van der Waals surface area contributed by atoms with E-state index in [9.17, 15) is 0 Å². The fraction of sp³-hybridized carbons (Fsp3) is 0.375. The molecule has 0 saturated heterocycles. The van der Waals surface area contributed by atoms with Gasteiger partial charge in [0.25, 0.3) is 0 Å². The highest BCUT2D eigenvalue weighted by Gasteiger charge is 1.75. The van der Waals surface area contributed by atoms with Crippen LogP contribution in [-0.2, 0) is 0 Å². The third-order valence-corrected chi connectivity index (χ3v) is 0.928. The van der Waals surface area contributed by atoms with Gasteiger partial charge in [-0.2, -0.15) is 0 Å². The molecule has 2 N–H and O–H groups in total. The normalized spacial score (nSPS) is 13.7. The zero-order valence-electron chi connectivity index (χ0n) is 6.54. The Morgan fingerprint density at radius 2 is 2.30 bits per heavy atom. The molecule has 0 amide bonds. The number of hydrogen-bond donors (Lipinski definition) is 1. The average Bonchev–Trinajstić information content (AvgIpc) is 1.89. The van der Waals surface area contributed by atoms with E-state index in [4.69, 9.17) is 5.73 Å². The van der Waals surface area contributed by atoms with Crippen molar-refractivity contribution >= 4 is 5.71 Å². The van der Waals surface area contributed by atoms with Crippen LogP contribution in [0.2, 0.25) is 0 Å². The van der Waals surface area contributed by atoms with Crippen molar-refractivity contribution in [2.24, 2.45) is 10.7 Å². The standard InChI is InChI=1S/C8H14N2/c1-3-5-8(2)10-7-4-6-9/h3-5,7H,6,9H2,1-2H3/b5-3-,7-4+,10-8-. The molecule has 2 nitrogen and oxygen atoms in total. The Morgan fingerprint density at radius 3 is 2.80 bits per heavy atom. The Bertz CT molecular complexity index is 155. The van der Waals surface area contributed by atoms with E-state index in [0.717, 1.165) is 5.71 Å². The Labute approximate surface area is 62.1 Å². The summed E-state index contributed by atoms with van der Waals surface area (Å²) in [5, 5.41) is 0. The van der Waals surface area contributed by atoms with Gasteiger partial charge in [-0.1, -0.05) is 12.2 Å². The molecule has 0 aromatic carbocycles. The fourth-order valence-electron chi connectivity index (χ4n) is 0.515. The summed E-state index contributed by atoms with van der Waals surface area (Å²) in [5.41, 5.74) is 6.21. The molecule has 0 atom stereocenters. The average molecular weight is 138 g/mol. The molecule has 0 aliphatic carbocycles. The number of nitrogens with two attached hydrogens (primary N) is 1. The van der Waals surface area contributed by atoms with Crippen LogP contribution in [0.25, 0.3) is 0 Å². The van der Waals surface area contributed by atoms with Crippen molar-refractivity contribution < 1.29 is 0 Å². The van der Waals surface area contributed by atoms with Crippen molar-refractivity contribution in [3.8, 4) is 0 Å². The van der Waals surface area contributed by atoms with E-state index in [2.05, 4.69) is 4.99 Å². The van der Waals surface area contributed by atoms with Gasteiger partial charge in [-0.25, -0.2) is 0 Å².